The fourth-order valence-electron chi connectivity index (χ4n) is 2.45. The molecular formula is C15H18NO5P. The van der Waals surface area contributed by atoms with Gasteiger partial charge in [-0.25, -0.2) is 4.57 Å². The number of aliphatic hydroxyl groups excluding tert-OH is 1. The first-order valence-corrected chi connectivity index (χ1v) is 8.34. The van der Waals surface area contributed by atoms with E-state index in [0.717, 1.165) is 5.56 Å². The van der Waals surface area contributed by atoms with Gasteiger partial charge in [0.1, 0.15) is 11.5 Å². The van der Waals surface area contributed by atoms with Gasteiger partial charge in [-0.3, -0.25) is 0 Å². The zero-order valence-corrected chi connectivity index (χ0v) is 12.9. The molecule has 0 saturated carbocycles. The van der Waals surface area contributed by atoms with Crippen molar-refractivity contribution in [3.05, 3.63) is 53.8 Å². The van der Waals surface area contributed by atoms with Crippen molar-refractivity contribution in [1.82, 2.24) is 0 Å². The van der Waals surface area contributed by atoms with Crippen molar-refractivity contribution < 1.29 is 24.6 Å². The first kappa shape index (κ1) is 16.5. The average molecular weight is 323 g/mol. The lowest BCUT2D eigenvalue weighted by atomic mass is 9.84. The molecule has 22 heavy (non-hydrogen) atoms. The van der Waals surface area contributed by atoms with E-state index in [1.54, 1.807) is 18.2 Å². The standard InChI is InChI=1S/C15H18NO5P/c1-10(11-4-2-5-12(17)9-11)8-13-14(16-22(19,20)21)6-3-7-15(13)18/h2-7,9-10,13,17-18H,8H2,1H3,(H2,19,20,21). The van der Waals surface area contributed by atoms with Gasteiger partial charge in [0.25, 0.3) is 0 Å². The number of aromatic hydroxyl groups is 1. The number of rotatable bonds is 4. The average Bonchev–Trinajstić information content (AvgIpc) is 2.41. The molecule has 0 fully saturated rings. The first-order chi connectivity index (χ1) is 10.3. The molecule has 118 valence electrons. The fraction of sp³-hybridized carbons (Fsp3) is 0.267. The van der Waals surface area contributed by atoms with Crippen molar-refractivity contribution in [3.8, 4) is 5.75 Å². The number of aliphatic hydroxyl groups is 1. The summed E-state index contributed by atoms with van der Waals surface area (Å²) in [6.45, 7) is 1.91. The summed E-state index contributed by atoms with van der Waals surface area (Å²) >= 11 is 0. The maximum Gasteiger partial charge on any atom is 0.448 e. The normalized spacial score (nSPS) is 21.7. The highest BCUT2D eigenvalue weighted by molar-refractivity contribution is 7.50. The highest BCUT2D eigenvalue weighted by atomic mass is 31.2. The number of phenols is 1. The molecule has 0 aliphatic heterocycles. The Morgan fingerprint density at radius 1 is 1.32 bits per heavy atom. The Balaban J connectivity index is 2.25. The molecule has 0 radical (unpaired) electrons. The number of allylic oxidation sites excluding steroid dienone is 4. The van der Waals surface area contributed by atoms with Gasteiger partial charge in [0.2, 0.25) is 0 Å². The van der Waals surface area contributed by atoms with Crippen LogP contribution in [0.25, 0.3) is 0 Å². The van der Waals surface area contributed by atoms with Crippen molar-refractivity contribution in [3.63, 3.8) is 0 Å². The number of hydrogen-bond acceptors (Lipinski definition) is 3. The van der Waals surface area contributed by atoms with Crippen LogP contribution in [0.15, 0.2) is 53.0 Å². The van der Waals surface area contributed by atoms with E-state index in [4.69, 9.17) is 9.79 Å². The van der Waals surface area contributed by atoms with Gasteiger partial charge in [-0.2, -0.15) is 4.76 Å². The van der Waals surface area contributed by atoms with Crippen molar-refractivity contribution in [2.45, 2.75) is 19.3 Å². The van der Waals surface area contributed by atoms with Gasteiger partial charge in [-0.1, -0.05) is 25.1 Å². The Bertz CT molecular complexity index is 689. The quantitative estimate of drug-likeness (QED) is 0.637. The van der Waals surface area contributed by atoms with Crippen LogP contribution in [0, 0.1) is 5.92 Å². The third-order valence-electron chi connectivity index (χ3n) is 3.52. The Morgan fingerprint density at radius 3 is 2.68 bits per heavy atom. The van der Waals surface area contributed by atoms with Crippen LogP contribution in [-0.2, 0) is 4.57 Å². The predicted molar refractivity (Wildman–Crippen MR) is 84.0 cm³/mol. The molecule has 0 bridgehead atoms. The van der Waals surface area contributed by atoms with E-state index in [1.165, 1.54) is 18.2 Å². The van der Waals surface area contributed by atoms with Crippen LogP contribution < -0.4 is 0 Å². The first-order valence-electron chi connectivity index (χ1n) is 6.78. The van der Waals surface area contributed by atoms with Gasteiger partial charge in [0.05, 0.1) is 11.6 Å². The molecule has 2 atom stereocenters. The summed E-state index contributed by atoms with van der Waals surface area (Å²) in [5, 5.41) is 19.5. The molecule has 7 heteroatoms. The molecule has 4 N–H and O–H groups in total. The molecule has 0 aromatic heterocycles. The molecule has 2 rings (SSSR count). The molecule has 1 aliphatic rings. The molecule has 2 unspecified atom stereocenters. The molecule has 1 aliphatic carbocycles. The zero-order chi connectivity index (χ0) is 16.3. The van der Waals surface area contributed by atoms with Crippen molar-refractivity contribution in [1.29, 1.82) is 0 Å². The molecule has 0 amide bonds. The Hall–Kier alpha value is -1.88. The van der Waals surface area contributed by atoms with Crippen LogP contribution in [0.4, 0.5) is 0 Å². The predicted octanol–water partition coefficient (Wildman–Crippen LogP) is 3.05. The summed E-state index contributed by atoms with van der Waals surface area (Å²) in [5.41, 5.74) is 1.03. The second-order valence-corrected chi connectivity index (χ2v) is 6.50. The Labute approximate surface area is 128 Å². The van der Waals surface area contributed by atoms with Crippen LogP contribution in [0.1, 0.15) is 24.8 Å². The second kappa shape index (κ2) is 6.48. The van der Waals surface area contributed by atoms with E-state index in [-0.39, 0.29) is 23.1 Å². The highest BCUT2D eigenvalue weighted by Crippen LogP contribution is 2.39. The maximum atomic E-state index is 11.1. The van der Waals surface area contributed by atoms with Gasteiger partial charge < -0.3 is 20.0 Å². The summed E-state index contributed by atoms with van der Waals surface area (Å²) in [4.78, 5) is 18.0. The summed E-state index contributed by atoms with van der Waals surface area (Å²) in [5.74, 6) is -0.463. The van der Waals surface area contributed by atoms with Crippen molar-refractivity contribution >= 4 is 13.5 Å². The molecular weight excluding hydrogens is 305 g/mol. The van der Waals surface area contributed by atoms with E-state index in [0.29, 0.717) is 6.42 Å². The summed E-state index contributed by atoms with van der Waals surface area (Å²) in [7, 11) is -4.56. The van der Waals surface area contributed by atoms with Crippen molar-refractivity contribution in [2.24, 2.45) is 10.7 Å². The summed E-state index contributed by atoms with van der Waals surface area (Å²) in [6, 6.07) is 6.77. The third-order valence-corrected chi connectivity index (χ3v) is 4.01. The third kappa shape index (κ3) is 4.31. The minimum absolute atomic E-state index is 0.0155. The molecule has 0 heterocycles. The van der Waals surface area contributed by atoms with E-state index in [2.05, 4.69) is 4.76 Å². The summed E-state index contributed by atoms with van der Waals surface area (Å²) < 4.78 is 14.5. The minimum Gasteiger partial charge on any atom is -0.512 e. The monoisotopic (exact) mass is 323 g/mol. The molecule has 1 aromatic rings. The largest absolute Gasteiger partial charge is 0.512 e. The SMILES string of the molecule is CC(CC1C(O)=CC=CC1=NP(=O)(O)O)c1cccc(O)c1. The van der Waals surface area contributed by atoms with Gasteiger partial charge in [-0.15, -0.1) is 0 Å². The smallest absolute Gasteiger partial charge is 0.448 e. The second-order valence-electron chi connectivity index (χ2n) is 5.27. The lowest BCUT2D eigenvalue weighted by molar-refractivity contribution is 0.348. The van der Waals surface area contributed by atoms with Crippen molar-refractivity contribution in [2.75, 3.05) is 0 Å². The zero-order valence-electron chi connectivity index (χ0n) is 12.0. The topological polar surface area (TPSA) is 110 Å². The van der Waals surface area contributed by atoms with Gasteiger partial charge in [0, 0.05) is 0 Å². The van der Waals surface area contributed by atoms with Crippen LogP contribution in [0.3, 0.4) is 0 Å². The summed E-state index contributed by atoms with van der Waals surface area (Å²) in [6.07, 6.45) is 4.88. The van der Waals surface area contributed by atoms with Crippen LogP contribution in [0.5, 0.6) is 5.75 Å². The Morgan fingerprint density at radius 2 is 2.05 bits per heavy atom. The van der Waals surface area contributed by atoms with Gasteiger partial charge in [-0.05, 0) is 42.2 Å². The number of hydrogen-bond donors (Lipinski definition) is 4. The molecule has 0 spiro atoms. The molecule has 6 nitrogen and oxygen atoms in total. The van der Waals surface area contributed by atoms with Crippen LogP contribution >= 0.6 is 7.75 Å². The highest BCUT2D eigenvalue weighted by Gasteiger charge is 2.26. The van der Waals surface area contributed by atoms with E-state index in [9.17, 15) is 14.8 Å². The fourth-order valence-corrected chi connectivity index (χ4v) is 2.95. The van der Waals surface area contributed by atoms with Crippen LogP contribution in [0.2, 0.25) is 0 Å². The van der Waals surface area contributed by atoms with Crippen LogP contribution in [-0.4, -0.2) is 25.7 Å². The van der Waals surface area contributed by atoms with E-state index in [1.807, 2.05) is 13.0 Å². The minimum atomic E-state index is -4.56. The number of phenolic OH excluding ortho intramolecular Hbond substituents is 1. The number of benzene rings is 1. The van der Waals surface area contributed by atoms with E-state index >= 15 is 0 Å². The maximum absolute atomic E-state index is 11.1. The molecule has 0 saturated heterocycles. The lowest BCUT2D eigenvalue weighted by Gasteiger charge is -2.23. The van der Waals surface area contributed by atoms with Gasteiger partial charge in [0.15, 0.2) is 0 Å². The van der Waals surface area contributed by atoms with Gasteiger partial charge >= 0.3 is 7.75 Å². The number of nitrogens with zero attached hydrogens (tertiary/aromatic N) is 1. The lowest BCUT2D eigenvalue weighted by Crippen LogP contribution is -2.20. The molecule has 1 aromatic carbocycles. The Kier molecular flexibility index (Phi) is 4.86. The van der Waals surface area contributed by atoms with E-state index < -0.39 is 13.7 Å².